The van der Waals surface area contributed by atoms with Gasteiger partial charge in [0.05, 0.1) is 0 Å². The van der Waals surface area contributed by atoms with E-state index >= 15 is 0 Å². The Hall–Kier alpha value is -1.31. The lowest BCUT2D eigenvalue weighted by atomic mass is 9.50. The molecule has 0 heterocycles. The summed E-state index contributed by atoms with van der Waals surface area (Å²) in [6.45, 7) is 18.0. The molecule has 3 saturated carbocycles. The normalized spacial score (nSPS) is 36.8. The van der Waals surface area contributed by atoms with Gasteiger partial charge in [-0.05, 0) is 92.8 Å². The molecule has 0 aromatic heterocycles. The molecule has 3 fully saturated rings. The van der Waals surface area contributed by atoms with Gasteiger partial charge in [-0.1, -0.05) is 89.3 Å². The summed E-state index contributed by atoms with van der Waals surface area (Å²) >= 11 is 0. The lowest BCUT2D eigenvalue weighted by molar-refractivity contribution is -0.148. The van der Waals surface area contributed by atoms with Crippen LogP contribution in [-0.2, 0) is 9.53 Å². The van der Waals surface area contributed by atoms with Crippen molar-refractivity contribution in [2.24, 2.45) is 40.4 Å². The van der Waals surface area contributed by atoms with Crippen molar-refractivity contribution in [3.8, 4) is 0 Å². The monoisotopic (exact) mass is 482 g/mol. The van der Waals surface area contributed by atoms with Crippen molar-refractivity contribution in [2.75, 3.05) is 0 Å². The van der Waals surface area contributed by atoms with E-state index in [4.69, 9.17) is 4.74 Å². The first-order chi connectivity index (χ1) is 16.6. The predicted octanol–water partition coefficient (Wildman–Crippen LogP) is 9.46. The molecule has 198 valence electrons. The van der Waals surface area contributed by atoms with Crippen molar-refractivity contribution in [1.82, 2.24) is 0 Å². The van der Waals surface area contributed by atoms with Gasteiger partial charge in [0.15, 0.2) is 0 Å². The lowest BCUT2D eigenvalue weighted by Gasteiger charge is -2.55. The summed E-state index contributed by atoms with van der Waals surface area (Å²) in [7, 11) is 0. The fraction of sp³-hybridized carbons (Fsp3) is 0.788. The van der Waals surface area contributed by atoms with Crippen LogP contribution < -0.4 is 0 Å². The second-order valence-corrected chi connectivity index (χ2v) is 13.1. The van der Waals surface area contributed by atoms with Gasteiger partial charge in [-0.15, -0.1) is 0 Å². The molecule has 2 nitrogen and oxygen atoms in total. The molecule has 0 amide bonds. The molecular weight excluding hydrogens is 428 g/mol. The van der Waals surface area contributed by atoms with Crippen LogP contribution in [0.4, 0.5) is 0 Å². The fourth-order valence-electron chi connectivity index (χ4n) is 8.33. The first kappa shape index (κ1) is 28.3. The molecule has 0 spiro atoms. The summed E-state index contributed by atoms with van der Waals surface area (Å²) in [6.07, 6.45) is 21.9. The van der Waals surface area contributed by atoms with E-state index in [2.05, 4.69) is 46.8 Å². The molecule has 0 radical (unpaired) electrons. The third-order valence-corrected chi connectivity index (χ3v) is 10.4. The molecule has 4 aliphatic rings. The van der Waals surface area contributed by atoms with E-state index in [1.165, 1.54) is 44.9 Å². The molecule has 2 heteroatoms. The molecule has 0 N–H and O–H groups in total. The van der Waals surface area contributed by atoms with Gasteiger partial charge in [0.2, 0.25) is 0 Å². The van der Waals surface area contributed by atoms with Crippen molar-refractivity contribution in [1.29, 1.82) is 0 Å². The Morgan fingerprint density at radius 1 is 1.00 bits per heavy atom. The summed E-state index contributed by atoms with van der Waals surface area (Å²) in [5, 5.41) is 0. The minimum Gasteiger partial charge on any atom is -0.462 e. The van der Waals surface area contributed by atoms with Crippen molar-refractivity contribution >= 4 is 5.97 Å². The molecule has 7 unspecified atom stereocenters. The lowest BCUT2D eigenvalue weighted by Crippen LogP contribution is -2.46. The fourth-order valence-corrected chi connectivity index (χ4v) is 8.33. The number of fused-ring (bicyclic) bond motifs is 5. The molecule has 0 saturated heterocycles. The Morgan fingerprint density at radius 3 is 2.34 bits per heavy atom. The number of rotatable bonds is 6. The number of carbonyl (C=O) groups excluding carboxylic acids is 1. The first-order valence-corrected chi connectivity index (χ1v) is 14.7. The first-order valence-electron chi connectivity index (χ1n) is 14.7. The third-order valence-electron chi connectivity index (χ3n) is 10.4. The molecular formula is C33H54O2. The Labute approximate surface area is 217 Å². The van der Waals surface area contributed by atoms with Crippen molar-refractivity contribution in [3.63, 3.8) is 0 Å². The maximum Gasteiger partial charge on any atom is 0.302 e. The highest BCUT2D eigenvalue weighted by atomic mass is 16.5. The average molecular weight is 483 g/mol. The van der Waals surface area contributed by atoms with Crippen LogP contribution in [0.2, 0.25) is 0 Å². The van der Waals surface area contributed by atoms with E-state index in [1.54, 1.807) is 18.1 Å². The Kier molecular flexibility index (Phi) is 9.55. The Balaban J connectivity index is 0.000000795. The maximum atomic E-state index is 11.5. The number of carbonyl (C=O) groups is 1. The van der Waals surface area contributed by atoms with Crippen molar-refractivity contribution in [3.05, 3.63) is 35.5 Å². The van der Waals surface area contributed by atoms with Crippen LogP contribution in [-0.4, -0.2) is 12.1 Å². The molecule has 0 bridgehead atoms. The molecule has 7 atom stereocenters. The summed E-state index contributed by atoms with van der Waals surface area (Å²) in [4.78, 5) is 11.5. The smallest absolute Gasteiger partial charge is 0.302 e. The molecule has 0 aliphatic heterocycles. The number of hydrogen-bond acceptors (Lipinski definition) is 2. The van der Waals surface area contributed by atoms with Gasteiger partial charge in [0, 0.05) is 13.3 Å². The van der Waals surface area contributed by atoms with Gasteiger partial charge in [-0.2, -0.15) is 0 Å². The van der Waals surface area contributed by atoms with Gasteiger partial charge in [0.1, 0.15) is 6.10 Å². The number of hydrogen-bond donors (Lipinski definition) is 0. The van der Waals surface area contributed by atoms with E-state index < -0.39 is 0 Å². The van der Waals surface area contributed by atoms with Gasteiger partial charge < -0.3 is 4.74 Å². The highest BCUT2D eigenvalue weighted by molar-refractivity contribution is 5.66. The summed E-state index contributed by atoms with van der Waals surface area (Å²) in [5.41, 5.74) is 4.10. The molecule has 4 rings (SSSR count). The third kappa shape index (κ3) is 5.99. The zero-order chi connectivity index (χ0) is 25.8. The number of esters is 1. The van der Waals surface area contributed by atoms with Crippen LogP contribution in [0, 0.1) is 40.4 Å². The van der Waals surface area contributed by atoms with E-state index in [1.807, 2.05) is 26.0 Å². The maximum absolute atomic E-state index is 11.5. The highest BCUT2D eigenvalue weighted by Crippen LogP contribution is 2.66. The van der Waals surface area contributed by atoms with E-state index in [0.29, 0.717) is 11.3 Å². The van der Waals surface area contributed by atoms with Gasteiger partial charge in [0.25, 0.3) is 0 Å². The zero-order valence-electron chi connectivity index (χ0n) is 24.2. The summed E-state index contributed by atoms with van der Waals surface area (Å²) in [6, 6.07) is 0. The summed E-state index contributed by atoms with van der Waals surface area (Å²) < 4.78 is 5.59. The van der Waals surface area contributed by atoms with E-state index in [-0.39, 0.29) is 17.5 Å². The highest BCUT2D eigenvalue weighted by Gasteiger charge is 2.57. The van der Waals surface area contributed by atoms with Gasteiger partial charge >= 0.3 is 5.97 Å². The van der Waals surface area contributed by atoms with Gasteiger partial charge in [-0.25, -0.2) is 0 Å². The van der Waals surface area contributed by atoms with E-state index in [9.17, 15) is 4.79 Å². The molecule has 4 aliphatic carbocycles. The van der Waals surface area contributed by atoms with Crippen molar-refractivity contribution in [2.45, 2.75) is 126 Å². The van der Waals surface area contributed by atoms with Crippen LogP contribution in [0.15, 0.2) is 35.5 Å². The minimum atomic E-state index is -0.130. The summed E-state index contributed by atoms with van der Waals surface area (Å²) in [5.74, 6) is 3.94. The van der Waals surface area contributed by atoms with E-state index in [0.717, 1.165) is 42.9 Å². The second-order valence-electron chi connectivity index (χ2n) is 13.1. The number of allylic oxidation sites excluding steroid dienone is 5. The quantitative estimate of drug-likeness (QED) is 0.278. The number of ether oxygens (including phenoxy) is 1. The van der Waals surface area contributed by atoms with Gasteiger partial charge in [-0.3, -0.25) is 4.79 Å². The SMILES string of the molecule is C/C=C\C.CC(=O)OC1CCC2(C)C(=CC=C3C2CCC2(C)C3CCC2C(C)CCCC(C)C)C1. The zero-order valence-corrected chi connectivity index (χ0v) is 24.2. The van der Waals surface area contributed by atoms with Crippen LogP contribution in [0.25, 0.3) is 0 Å². The Bertz CT molecular complexity index is 813. The van der Waals surface area contributed by atoms with Crippen molar-refractivity contribution < 1.29 is 9.53 Å². The van der Waals surface area contributed by atoms with Crippen LogP contribution in [0.1, 0.15) is 120 Å². The largest absolute Gasteiger partial charge is 0.462 e. The van der Waals surface area contributed by atoms with Crippen LogP contribution in [0.5, 0.6) is 0 Å². The topological polar surface area (TPSA) is 26.3 Å². The predicted molar refractivity (Wildman–Crippen MR) is 149 cm³/mol. The second kappa shape index (κ2) is 11.8. The standard InChI is InChI=1S/C29H46O2.C4H8/c1-19(2)8-7-9-20(3)25-12-13-26-24-11-10-22-18-23(31-21(4)30)14-16-28(22,5)27(24)15-17-29(25,26)6;1-3-4-2/h10-11,19-20,23,25-27H,7-9,12-18H2,1-6H3;3-4H,1-2H3/b;4-3-. The van der Waals surface area contributed by atoms with Crippen LogP contribution in [0.3, 0.4) is 0 Å². The minimum absolute atomic E-state index is 0.0863. The molecule has 0 aromatic carbocycles. The molecule has 0 aromatic rings. The van der Waals surface area contributed by atoms with Crippen LogP contribution >= 0.6 is 0 Å². The Morgan fingerprint density at radius 2 is 1.71 bits per heavy atom. The average Bonchev–Trinajstić information content (AvgIpc) is 3.16. The molecule has 35 heavy (non-hydrogen) atoms.